The number of esters is 1. The Morgan fingerprint density at radius 3 is 2.17 bits per heavy atom. The highest BCUT2D eigenvalue weighted by atomic mass is 19.2. The van der Waals surface area contributed by atoms with E-state index in [1.807, 2.05) is 0 Å². The molecule has 2 atom stereocenters. The number of aliphatic hydroxyl groups excluding tert-OH is 1. The van der Waals surface area contributed by atoms with Gasteiger partial charge in [0.05, 0.1) is 6.42 Å². The van der Waals surface area contributed by atoms with Crippen LogP contribution in [-0.4, -0.2) is 35.4 Å². The van der Waals surface area contributed by atoms with Crippen LogP contribution in [-0.2, 0) is 9.53 Å². The van der Waals surface area contributed by atoms with E-state index in [-0.39, 0.29) is 12.5 Å². The minimum Gasteiger partial charge on any atom is -0.485 e. The molecule has 0 aliphatic carbocycles. The van der Waals surface area contributed by atoms with Crippen LogP contribution in [0.25, 0.3) is 0 Å². The smallest absolute Gasteiger partial charge is 0.307 e. The van der Waals surface area contributed by atoms with Gasteiger partial charge in [-0.1, -0.05) is 0 Å². The van der Waals surface area contributed by atoms with Crippen molar-refractivity contribution in [3.63, 3.8) is 0 Å². The standard InChI is InChI=1S/C15H19F4NO4/c1-15(2,3)24-11(22)5-9(20)10(21)6-23-14-12(18)7(16)4-8(17)13(14)19/h4,9-10,21H,5-6,20H2,1-3H3/t9-,10-/m0/s1. The fourth-order valence-electron chi connectivity index (χ4n) is 1.68. The summed E-state index contributed by atoms with van der Waals surface area (Å²) < 4.78 is 62.4. The highest BCUT2D eigenvalue weighted by Crippen LogP contribution is 2.26. The second kappa shape index (κ2) is 7.80. The molecular formula is C15H19F4NO4. The van der Waals surface area contributed by atoms with Crippen LogP contribution in [0.4, 0.5) is 17.6 Å². The van der Waals surface area contributed by atoms with Gasteiger partial charge in [-0.25, -0.2) is 8.78 Å². The maximum atomic E-state index is 13.4. The van der Waals surface area contributed by atoms with E-state index in [1.54, 1.807) is 20.8 Å². The number of benzene rings is 1. The second-order valence-electron chi connectivity index (χ2n) is 6.13. The number of carbonyl (C=O) groups is 1. The average Bonchev–Trinajstić information content (AvgIpc) is 2.42. The lowest BCUT2D eigenvalue weighted by Gasteiger charge is -2.23. The van der Waals surface area contributed by atoms with Gasteiger partial charge in [0.15, 0.2) is 17.4 Å². The first-order valence-electron chi connectivity index (χ1n) is 7.03. The van der Waals surface area contributed by atoms with Gasteiger partial charge in [0.2, 0.25) is 11.6 Å². The van der Waals surface area contributed by atoms with E-state index in [4.69, 9.17) is 10.5 Å². The van der Waals surface area contributed by atoms with Gasteiger partial charge in [-0.2, -0.15) is 8.78 Å². The van der Waals surface area contributed by atoms with Crippen LogP contribution in [0.3, 0.4) is 0 Å². The molecule has 0 aliphatic rings. The van der Waals surface area contributed by atoms with E-state index in [2.05, 4.69) is 4.74 Å². The fraction of sp³-hybridized carbons (Fsp3) is 0.533. The minimum absolute atomic E-state index is 0.0300. The lowest BCUT2D eigenvalue weighted by atomic mass is 10.1. The summed E-state index contributed by atoms with van der Waals surface area (Å²) in [6.07, 6.45) is -1.91. The van der Waals surface area contributed by atoms with Gasteiger partial charge in [-0.15, -0.1) is 0 Å². The molecule has 1 aromatic carbocycles. The molecular weight excluding hydrogens is 334 g/mol. The first-order chi connectivity index (χ1) is 10.9. The van der Waals surface area contributed by atoms with E-state index in [9.17, 15) is 27.5 Å². The Balaban J connectivity index is 2.66. The molecule has 0 spiro atoms. The zero-order valence-electron chi connectivity index (χ0n) is 13.4. The summed E-state index contributed by atoms with van der Waals surface area (Å²) in [7, 11) is 0. The molecule has 0 bridgehead atoms. The highest BCUT2D eigenvalue weighted by molar-refractivity contribution is 5.70. The largest absolute Gasteiger partial charge is 0.485 e. The molecule has 0 fully saturated rings. The van der Waals surface area contributed by atoms with Crippen molar-refractivity contribution in [1.29, 1.82) is 0 Å². The molecule has 136 valence electrons. The van der Waals surface area contributed by atoms with Gasteiger partial charge in [0, 0.05) is 12.1 Å². The number of aliphatic hydroxyl groups is 1. The molecule has 0 saturated heterocycles. The van der Waals surface area contributed by atoms with Crippen LogP contribution >= 0.6 is 0 Å². The zero-order valence-corrected chi connectivity index (χ0v) is 13.4. The van der Waals surface area contributed by atoms with Gasteiger partial charge in [0.1, 0.15) is 18.3 Å². The first-order valence-corrected chi connectivity index (χ1v) is 7.03. The Morgan fingerprint density at radius 1 is 1.21 bits per heavy atom. The van der Waals surface area contributed by atoms with Crippen molar-refractivity contribution < 1.29 is 36.9 Å². The third-order valence-corrected chi connectivity index (χ3v) is 2.79. The fourth-order valence-corrected chi connectivity index (χ4v) is 1.68. The van der Waals surface area contributed by atoms with E-state index in [0.29, 0.717) is 0 Å². The molecule has 0 aliphatic heterocycles. The molecule has 0 amide bonds. The predicted molar refractivity (Wildman–Crippen MR) is 76.2 cm³/mol. The molecule has 5 nitrogen and oxygen atoms in total. The van der Waals surface area contributed by atoms with Crippen LogP contribution in [0, 0.1) is 23.3 Å². The molecule has 1 aromatic rings. The maximum absolute atomic E-state index is 13.4. The summed E-state index contributed by atoms with van der Waals surface area (Å²) in [6, 6.07) is -1.13. The summed E-state index contributed by atoms with van der Waals surface area (Å²) >= 11 is 0. The van der Waals surface area contributed by atoms with Gasteiger partial charge in [-0.3, -0.25) is 4.79 Å². The third-order valence-electron chi connectivity index (χ3n) is 2.79. The number of ether oxygens (including phenoxy) is 2. The first kappa shape index (κ1) is 20.2. The Hall–Kier alpha value is -1.87. The Labute approximate surface area is 136 Å². The van der Waals surface area contributed by atoms with Gasteiger partial charge < -0.3 is 20.3 Å². The van der Waals surface area contributed by atoms with Gasteiger partial charge in [0.25, 0.3) is 0 Å². The van der Waals surface area contributed by atoms with E-state index >= 15 is 0 Å². The number of nitrogens with two attached hydrogens (primary N) is 1. The predicted octanol–water partition coefficient (Wildman–Crippen LogP) is 2.04. The molecule has 0 aromatic heterocycles. The molecule has 9 heteroatoms. The molecule has 0 saturated carbocycles. The van der Waals surface area contributed by atoms with Gasteiger partial charge in [-0.05, 0) is 20.8 Å². The number of hydrogen-bond donors (Lipinski definition) is 2. The summed E-state index contributed by atoms with van der Waals surface area (Å²) in [6.45, 7) is 4.14. The van der Waals surface area contributed by atoms with Crippen LogP contribution in [0.5, 0.6) is 5.75 Å². The SMILES string of the molecule is CC(C)(C)OC(=O)C[C@H](N)[C@@H](O)COc1c(F)c(F)cc(F)c1F. The molecule has 3 N–H and O–H groups in total. The highest BCUT2D eigenvalue weighted by Gasteiger charge is 2.25. The van der Waals surface area contributed by atoms with Crippen molar-refractivity contribution in [1.82, 2.24) is 0 Å². The summed E-state index contributed by atoms with van der Waals surface area (Å²) in [5.41, 5.74) is 4.82. The summed E-state index contributed by atoms with van der Waals surface area (Å²) in [5.74, 6) is -8.75. The van der Waals surface area contributed by atoms with Crippen LogP contribution in [0.1, 0.15) is 27.2 Å². The molecule has 0 unspecified atom stereocenters. The Morgan fingerprint density at radius 2 is 1.71 bits per heavy atom. The van der Waals surface area contributed by atoms with Crippen molar-refractivity contribution in [3.05, 3.63) is 29.3 Å². The van der Waals surface area contributed by atoms with Gasteiger partial charge >= 0.3 is 5.97 Å². The molecule has 0 heterocycles. The quantitative estimate of drug-likeness (QED) is 0.465. The topological polar surface area (TPSA) is 81.8 Å². The normalized spacial score (nSPS) is 14.2. The van der Waals surface area contributed by atoms with Crippen molar-refractivity contribution in [2.24, 2.45) is 5.73 Å². The lowest BCUT2D eigenvalue weighted by Crippen LogP contribution is -2.41. The molecule has 24 heavy (non-hydrogen) atoms. The van der Waals surface area contributed by atoms with Crippen molar-refractivity contribution in [2.45, 2.75) is 44.9 Å². The Kier molecular flexibility index (Phi) is 6.56. The van der Waals surface area contributed by atoms with E-state index < -0.39 is 59.3 Å². The summed E-state index contributed by atoms with van der Waals surface area (Å²) in [5, 5.41) is 9.76. The maximum Gasteiger partial charge on any atom is 0.307 e. The zero-order chi connectivity index (χ0) is 18.7. The van der Waals surface area contributed by atoms with E-state index in [0.717, 1.165) is 0 Å². The van der Waals surface area contributed by atoms with Crippen LogP contribution < -0.4 is 10.5 Å². The third kappa shape index (κ3) is 5.64. The summed E-state index contributed by atoms with van der Waals surface area (Å²) in [4.78, 5) is 11.6. The van der Waals surface area contributed by atoms with Crippen molar-refractivity contribution in [3.8, 4) is 5.75 Å². The number of hydrogen-bond acceptors (Lipinski definition) is 5. The second-order valence-corrected chi connectivity index (χ2v) is 6.13. The van der Waals surface area contributed by atoms with Crippen LogP contribution in [0.2, 0.25) is 0 Å². The van der Waals surface area contributed by atoms with Crippen molar-refractivity contribution >= 4 is 5.97 Å². The van der Waals surface area contributed by atoms with Crippen molar-refractivity contribution in [2.75, 3.05) is 6.61 Å². The number of rotatable bonds is 6. The average molecular weight is 353 g/mol. The number of halogens is 4. The lowest BCUT2D eigenvalue weighted by molar-refractivity contribution is -0.156. The molecule has 0 radical (unpaired) electrons. The van der Waals surface area contributed by atoms with Crippen LogP contribution in [0.15, 0.2) is 6.07 Å². The van der Waals surface area contributed by atoms with E-state index in [1.165, 1.54) is 0 Å². The number of carbonyl (C=O) groups excluding carboxylic acids is 1. The Bertz CT molecular complexity index is 578. The minimum atomic E-state index is -1.73. The monoisotopic (exact) mass is 353 g/mol. The molecule has 1 rings (SSSR count).